The van der Waals surface area contributed by atoms with E-state index in [2.05, 4.69) is 5.32 Å². The Bertz CT molecular complexity index is 225. The van der Waals surface area contributed by atoms with Gasteiger partial charge in [-0.2, -0.15) is 0 Å². The van der Waals surface area contributed by atoms with Crippen LogP contribution < -0.4 is 5.32 Å². The molecule has 5 N–H and O–H groups in total. The average Bonchev–Trinajstić information content (AvgIpc) is 2.47. The molecule has 0 spiro atoms. The maximum absolute atomic E-state index is 10.8. The number of hydrogen-bond acceptors (Lipinski definition) is 5. The number of nitrogens with one attached hydrogen (secondary N) is 1. The maximum Gasteiger partial charge on any atom is 0.451 e. The number of aliphatic carboxylic acids is 1. The molecule has 3 atom stereocenters. The number of carboxylic acid groups (broad SMARTS) is 1. The summed E-state index contributed by atoms with van der Waals surface area (Å²) in [5.41, 5.74) is 0. The summed E-state index contributed by atoms with van der Waals surface area (Å²) < 4.78 is 0. The minimum atomic E-state index is -1.36. The van der Waals surface area contributed by atoms with E-state index in [0.29, 0.717) is 12.8 Å². The molecular weight excluding hydrogens is 201 g/mol. The topological polar surface area (TPSA) is 110 Å². The van der Waals surface area contributed by atoms with Crippen LogP contribution in [0.2, 0.25) is 6.32 Å². The molecule has 7 heteroatoms. The van der Waals surface area contributed by atoms with Gasteiger partial charge in [0.25, 0.3) is 0 Å². The van der Waals surface area contributed by atoms with E-state index in [9.17, 15) is 9.90 Å². The number of aliphatic hydroxyl groups excluding tert-OH is 1. The lowest BCUT2D eigenvalue weighted by Gasteiger charge is -2.17. The van der Waals surface area contributed by atoms with E-state index in [1.165, 1.54) is 0 Å². The van der Waals surface area contributed by atoms with Gasteiger partial charge in [-0.15, -0.1) is 0 Å². The van der Waals surface area contributed by atoms with Gasteiger partial charge in [0.15, 0.2) is 0 Å². The molecule has 1 rings (SSSR count). The van der Waals surface area contributed by atoms with E-state index in [0.717, 1.165) is 0 Å². The molecular formula is C8H16BNO5. The summed E-state index contributed by atoms with van der Waals surface area (Å²) in [6.45, 7) is 0.281. The SMILES string of the molecule is O=C(O)[C@H]1NCC(O)C1CCCB(O)O. The second-order valence-electron chi connectivity index (χ2n) is 3.87. The quantitative estimate of drug-likeness (QED) is 0.350. The predicted molar refractivity (Wildman–Crippen MR) is 53.2 cm³/mol. The van der Waals surface area contributed by atoms with Crippen LogP contribution in [0.25, 0.3) is 0 Å². The standard InChI is InChI=1S/C8H16BNO5/c11-6-4-10-7(8(12)13)5(6)2-1-3-9(14)15/h5-7,10-11,14-15H,1-4H2,(H,12,13)/t5?,6?,7-/m0/s1. The number of hydrogen-bond donors (Lipinski definition) is 5. The molecule has 86 valence electrons. The molecule has 1 heterocycles. The molecule has 1 saturated heterocycles. The molecule has 0 aromatic heterocycles. The van der Waals surface area contributed by atoms with Gasteiger partial charge in [-0.05, 0) is 12.7 Å². The highest BCUT2D eigenvalue weighted by Crippen LogP contribution is 2.22. The fourth-order valence-corrected chi connectivity index (χ4v) is 1.94. The molecule has 0 aliphatic carbocycles. The van der Waals surface area contributed by atoms with Crippen LogP contribution >= 0.6 is 0 Å². The summed E-state index contributed by atoms with van der Waals surface area (Å²) in [6, 6.07) is -0.726. The Morgan fingerprint density at radius 1 is 1.47 bits per heavy atom. The monoisotopic (exact) mass is 217 g/mol. The first-order chi connectivity index (χ1) is 7.02. The molecule has 1 aliphatic heterocycles. The van der Waals surface area contributed by atoms with Crippen LogP contribution in [0.5, 0.6) is 0 Å². The third-order valence-electron chi connectivity index (χ3n) is 2.74. The van der Waals surface area contributed by atoms with Crippen LogP contribution in [-0.4, -0.2) is 52.0 Å². The second kappa shape index (κ2) is 5.46. The zero-order chi connectivity index (χ0) is 11.4. The van der Waals surface area contributed by atoms with Crippen LogP contribution in [0.4, 0.5) is 0 Å². The summed E-state index contributed by atoms with van der Waals surface area (Å²) >= 11 is 0. The third kappa shape index (κ3) is 3.46. The first-order valence-electron chi connectivity index (χ1n) is 5.02. The van der Waals surface area contributed by atoms with Crippen molar-refractivity contribution in [3.05, 3.63) is 0 Å². The Kier molecular flexibility index (Phi) is 4.53. The van der Waals surface area contributed by atoms with Gasteiger partial charge >= 0.3 is 13.1 Å². The molecule has 0 bridgehead atoms. The van der Waals surface area contributed by atoms with Crippen LogP contribution in [0.1, 0.15) is 12.8 Å². The summed E-state index contributed by atoms with van der Waals surface area (Å²) in [4.78, 5) is 10.8. The minimum Gasteiger partial charge on any atom is -0.480 e. The molecule has 15 heavy (non-hydrogen) atoms. The van der Waals surface area contributed by atoms with Gasteiger partial charge in [-0.3, -0.25) is 4.79 Å². The zero-order valence-electron chi connectivity index (χ0n) is 8.33. The van der Waals surface area contributed by atoms with Crippen molar-refractivity contribution < 1.29 is 25.1 Å². The summed E-state index contributed by atoms with van der Waals surface area (Å²) in [6.07, 6.45) is 0.505. The van der Waals surface area contributed by atoms with Crippen LogP contribution in [0.15, 0.2) is 0 Å². The molecule has 6 nitrogen and oxygen atoms in total. The normalized spacial score (nSPS) is 30.5. The van der Waals surface area contributed by atoms with E-state index in [-0.39, 0.29) is 18.8 Å². The van der Waals surface area contributed by atoms with E-state index in [4.69, 9.17) is 15.2 Å². The predicted octanol–water partition coefficient (Wildman–Crippen LogP) is -1.73. The van der Waals surface area contributed by atoms with Gasteiger partial charge in [0.1, 0.15) is 6.04 Å². The molecule has 2 unspecified atom stereocenters. The molecule has 1 aliphatic rings. The highest BCUT2D eigenvalue weighted by molar-refractivity contribution is 6.40. The van der Waals surface area contributed by atoms with Gasteiger partial charge < -0.3 is 25.6 Å². The lowest BCUT2D eigenvalue weighted by atomic mass is 9.81. The van der Waals surface area contributed by atoms with E-state index < -0.39 is 25.2 Å². The Labute approximate surface area is 88.1 Å². The molecule has 0 aromatic carbocycles. The van der Waals surface area contributed by atoms with Crippen molar-refractivity contribution in [2.24, 2.45) is 5.92 Å². The largest absolute Gasteiger partial charge is 0.480 e. The molecule has 0 amide bonds. The number of carboxylic acids is 1. The highest BCUT2D eigenvalue weighted by atomic mass is 16.4. The number of aliphatic hydroxyl groups is 1. The smallest absolute Gasteiger partial charge is 0.451 e. The van der Waals surface area contributed by atoms with Crippen molar-refractivity contribution in [3.8, 4) is 0 Å². The van der Waals surface area contributed by atoms with Crippen LogP contribution in [0, 0.1) is 5.92 Å². The lowest BCUT2D eigenvalue weighted by molar-refractivity contribution is -0.140. The molecule has 0 radical (unpaired) electrons. The van der Waals surface area contributed by atoms with Gasteiger partial charge in [0.2, 0.25) is 0 Å². The molecule has 0 aromatic rings. The van der Waals surface area contributed by atoms with Crippen molar-refractivity contribution in [1.82, 2.24) is 5.32 Å². The third-order valence-corrected chi connectivity index (χ3v) is 2.74. The van der Waals surface area contributed by atoms with Crippen LogP contribution in [-0.2, 0) is 4.79 Å². The molecule has 0 saturated carbocycles. The first kappa shape index (κ1) is 12.4. The van der Waals surface area contributed by atoms with E-state index >= 15 is 0 Å². The Morgan fingerprint density at radius 2 is 2.13 bits per heavy atom. The summed E-state index contributed by atoms with van der Waals surface area (Å²) in [5.74, 6) is -1.32. The minimum absolute atomic E-state index is 0.204. The number of β-amino-alcohol motifs (C(OH)–C–C–N with tert-alkyl or cyclic N) is 1. The van der Waals surface area contributed by atoms with Crippen molar-refractivity contribution >= 4 is 13.1 Å². The van der Waals surface area contributed by atoms with Gasteiger partial charge in [0, 0.05) is 12.5 Å². The summed E-state index contributed by atoms with van der Waals surface area (Å²) in [7, 11) is -1.36. The number of carbonyl (C=O) groups is 1. The first-order valence-corrected chi connectivity index (χ1v) is 5.02. The van der Waals surface area contributed by atoms with Crippen molar-refractivity contribution in [2.45, 2.75) is 31.3 Å². The van der Waals surface area contributed by atoms with E-state index in [1.54, 1.807) is 0 Å². The highest BCUT2D eigenvalue weighted by Gasteiger charge is 2.38. The van der Waals surface area contributed by atoms with Crippen molar-refractivity contribution in [1.29, 1.82) is 0 Å². The zero-order valence-corrected chi connectivity index (χ0v) is 8.33. The lowest BCUT2D eigenvalue weighted by Crippen LogP contribution is -2.36. The second-order valence-corrected chi connectivity index (χ2v) is 3.87. The van der Waals surface area contributed by atoms with Gasteiger partial charge in [-0.1, -0.05) is 6.42 Å². The summed E-state index contributed by atoms with van der Waals surface area (Å²) in [5, 5.41) is 38.3. The van der Waals surface area contributed by atoms with Gasteiger partial charge in [-0.25, -0.2) is 0 Å². The van der Waals surface area contributed by atoms with Gasteiger partial charge in [0.05, 0.1) is 6.10 Å². The Hall–Kier alpha value is -0.625. The van der Waals surface area contributed by atoms with Crippen LogP contribution in [0.3, 0.4) is 0 Å². The fraction of sp³-hybridized carbons (Fsp3) is 0.875. The van der Waals surface area contributed by atoms with Crippen molar-refractivity contribution in [3.63, 3.8) is 0 Å². The molecule has 1 fully saturated rings. The Morgan fingerprint density at radius 3 is 2.67 bits per heavy atom. The fourth-order valence-electron chi connectivity index (χ4n) is 1.94. The average molecular weight is 217 g/mol. The number of rotatable bonds is 5. The van der Waals surface area contributed by atoms with E-state index in [1.807, 2.05) is 0 Å². The van der Waals surface area contributed by atoms with Crippen molar-refractivity contribution in [2.75, 3.05) is 6.54 Å². The Balaban J connectivity index is 2.39. The maximum atomic E-state index is 10.8.